The molecule has 0 bridgehead atoms. The summed E-state index contributed by atoms with van der Waals surface area (Å²) in [6.45, 7) is 5.93. The Morgan fingerprint density at radius 3 is 2.52 bits per heavy atom. The van der Waals surface area contributed by atoms with E-state index in [1.807, 2.05) is 0 Å². The Kier molecular flexibility index (Phi) is 4.76. The normalized spacial score (nSPS) is 31.6. The Hall–Kier alpha value is -1.30. The van der Waals surface area contributed by atoms with Gasteiger partial charge in [0.15, 0.2) is 0 Å². The molecule has 0 aromatic carbocycles. The first-order valence-corrected chi connectivity index (χ1v) is 7.71. The lowest BCUT2D eigenvalue weighted by Crippen LogP contribution is -2.52. The molecule has 2 atom stereocenters. The second kappa shape index (κ2) is 6.22. The van der Waals surface area contributed by atoms with E-state index in [9.17, 15) is 14.7 Å². The highest BCUT2D eigenvalue weighted by molar-refractivity contribution is 5.79. The van der Waals surface area contributed by atoms with Crippen LogP contribution in [0.5, 0.6) is 0 Å². The summed E-state index contributed by atoms with van der Waals surface area (Å²) in [5.41, 5.74) is -0.777. The van der Waals surface area contributed by atoms with Crippen LogP contribution >= 0.6 is 0 Å². The summed E-state index contributed by atoms with van der Waals surface area (Å²) in [6, 6.07) is -0.556. The summed E-state index contributed by atoms with van der Waals surface area (Å²) in [7, 11) is 0. The highest BCUT2D eigenvalue weighted by atomic mass is 16.5. The van der Waals surface area contributed by atoms with Crippen LogP contribution in [0.25, 0.3) is 0 Å². The van der Waals surface area contributed by atoms with Gasteiger partial charge in [-0.3, -0.25) is 4.79 Å². The van der Waals surface area contributed by atoms with E-state index in [0.29, 0.717) is 13.0 Å². The Morgan fingerprint density at radius 1 is 1.24 bits per heavy atom. The van der Waals surface area contributed by atoms with E-state index in [1.54, 1.807) is 6.92 Å². The molecule has 1 saturated heterocycles. The summed E-state index contributed by atoms with van der Waals surface area (Å²) < 4.78 is 5.34. The number of amides is 2. The van der Waals surface area contributed by atoms with Gasteiger partial charge in [-0.25, -0.2) is 4.79 Å². The van der Waals surface area contributed by atoms with Crippen LogP contribution in [0.1, 0.15) is 46.0 Å². The topological polar surface area (TPSA) is 87.7 Å². The van der Waals surface area contributed by atoms with Crippen LogP contribution in [0.2, 0.25) is 0 Å². The first-order chi connectivity index (χ1) is 9.86. The number of hydrogen-bond acceptors (Lipinski definition) is 3. The molecule has 0 aromatic rings. The Morgan fingerprint density at radius 2 is 1.90 bits per heavy atom. The maximum absolute atomic E-state index is 12.0. The largest absolute Gasteiger partial charge is 0.481 e. The molecule has 2 aliphatic rings. The van der Waals surface area contributed by atoms with Crippen LogP contribution in [0.15, 0.2) is 0 Å². The average molecular weight is 298 g/mol. The van der Waals surface area contributed by atoms with Crippen molar-refractivity contribution in [3.8, 4) is 0 Å². The van der Waals surface area contributed by atoms with E-state index in [0.717, 1.165) is 38.9 Å². The van der Waals surface area contributed by atoms with Crippen molar-refractivity contribution in [2.45, 2.75) is 52.0 Å². The second-order valence-corrected chi connectivity index (χ2v) is 6.92. The Labute approximate surface area is 125 Å². The number of aliphatic carboxylic acids is 1. The van der Waals surface area contributed by atoms with E-state index in [-0.39, 0.29) is 17.5 Å². The number of rotatable bonds is 4. The summed E-state index contributed by atoms with van der Waals surface area (Å²) in [4.78, 5) is 23.4. The first kappa shape index (κ1) is 16.1. The van der Waals surface area contributed by atoms with Crippen molar-refractivity contribution in [2.24, 2.45) is 10.8 Å². The summed E-state index contributed by atoms with van der Waals surface area (Å²) >= 11 is 0. The van der Waals surface area contributed by atoms with Gasteiger partial charge in [-0.05, 0) is 38.0 Å². The van der Waals surface area contributed by atoms with E-state index in [4.69, 9.17) is 4.74 Å². The second-order valence-electron chi connectivity index (χ2n) is 6.92. The van der Waals surface area contributed by atoms with Crippen molar-refractivity contribution >= 4 is 12.0 Å². The van der Waals surface area contributed by atoms with Gasteiger partial charge in [0.05, 0.1) is 5.41 Å². The Bertz CT molecular complexity index is 406. The monoisotopic (exact) mass is 298 g/mol. The molecule has 3 N–H and O–H groups in total. The number of urea groups is 1. The van der Waals surface area contributed by atoms with Crippen LogP contribution < -0.4 is 10.6 Å². The van der Waals surface area contributed by atoms with E-state index >= 15 is 0 Å². The zero-order valence-corrected chi connectivity index (χ0v) is 12.9. The quantitative estimate of drug-likeness (QED) is 0.738. The molecule has 120 valence electrons. The van der Waals surface area contributed by atoms with Crippen molar-refractivity contribution in [2.75, 3.05) is 19.8 Å². The maximum atomic E-state index is 12.0. The molecule has 0 spiro atoms. The van der Waals surface area contributed by atoms with Crippen LogP contribution in [0.3, 0.4) is 0 Å². The molecule has 0 radical (unpaired) electrons. The van der Waals surface area contributed by atoms with Crippen molar-refractivity contribution < 1.29 is 19.4 Å². The molecule has 0 aromatic heterocycles. The Balaban J connectivity index is 1.83. The molecule has 2 rings (SSSR count). The number of carboxylic acids is 1. The minimum absolute atomic E-state index is 0.0708. The van der Waals surface area contributed by atoms with Gasteiger partial charge in [0.25, 0.3) is 0 Å². The molecule has 6 nitrogen and oxygen atoms in total. The van der Waals surface area contributed by atoms with Crippen molar-refractivity contribution in [3.05, 3.63) is 0 Å². The number of carbonyl (C=O) groups excluding carboxylic acids is 1. The van der Waals surface area contributed by atoms with Crippen LogP contribution in [0, 0.1) is 10.8 Å². The lowest BCUT2D eigenvalue weighted by molar-refractivity contribution is -0.148. The van der Waals surface area contributed by atoms with Crippen molar-refractivity contribution in [1.29, 1.82) is 0 Å². The van der Waals surface area contributed by atoms with Gasteiger partial charge in [-0.15, -0.1) is 0 Å². The summed E-state index contributed by atoms with van der Waals surface area (Å²) in [5.74, 6) is -0.832. The number of carboxylic acid groups (broad SMARTS) is 1. The molecule has 1 heterocycles. The minimum atomic E-state index is -0.847. The van der Waals surface area contributed by atoms with Gasteiger partial charge in [-0.1, -0.05) is 13.3 Å². The zero-order valence-electron chi connectivity index (χ0n) is 12.9. The molecule has 1 aliphatic heterocycles. The van der Waals surface area contributed by atoms with Gasteiger partial charge in [0.1, 0.15) is 0 Å². The smallest absolute Gasteiger partial charge is 0.315 e. The fourth-order valence-corrected chi connectivity index (χ4v) is 3.20. The fourth-order valence-electron chi connectivity index (χ4n) is 3.20. The summed E-state index contributed by atoms with van der Waals surface area (Å²) in [6.07, 6.45) is 4.04. The van der Waals surface area contributed by atoms with Crippen LogP contribution in [-0.2, 0) is 9.53 Å². The van der Waals surface area contributed by atoms with Crippen LogP contribution in [0.4, 0.5) is 4.79 Å². The van der Waals surface area contributed by atoms with Gasteiger partial charge < -0.3 is 20.5 Å². The third kappa shape index (κ3) is 3.67. The lowest BCUT2D eigenvalue weighted by atomic mass is 9.82. The van der Waals surface area contributed by atoms with E-state index in [1.165, 1.54) is 0 Å². The number of carbonyl (C=O) groups is 2. The van der Waals surface area contributed by atoms with E-state index in [2.05, 4.69) is 17.6 Å². The van der Waals surface area contributed by atoms with Crippen LogP contribution in [-0.4, -0.2) is 42.9 Å². The predicted octanol–water partition coefficient (Wildman–Crippen LogP) is 1.75. The molecule has 21 heavy (non-hydrogen) atoms. The predicted molar refractivity (Wildman–Crippen MR) is 78.1 cm³/mol. The first-order valence-electron chi connectivity index (χ1n) is 7.71. The third-order valence-corrected chi connectivity index (χ3v) is 5.13. The molecule has 2 fully saturated rings. The fraction of sp³-hybridized carbons (Fsp3) is 0.867. The SMILES string of the molecule is CC1(CNC(=O)NC2CCCC2(C)C(=O)O)CCOCC1. The van der Waals surface area contributed by atoms with Crippen molar-refractivity contribution in [1.82, 2.24) is 10.6 Å². The van der Waals surface area contributed by atoms with Gasteiger partial charge >= 0.3 is 12.0 Å². The van der Waals surface area contributed by atoms with Gasteiger partial charge in [0.2, 0.25) is 0 Å². The molecule has 1 aliphatic carbocycles. The zero-order chi connectivity index (χ0) is 15.5. The molecule has 6 heteroatoms. The average Bonchev–Trinajstić information content (AvgIpc) is 2.80. The maximum Gasteiger partial charge on any atom is 0.315 e. The van der Waals surface area contributed by atoms with Gasteiger partial charge in [-0.2, -0.15) is 0 Å². The molecule has 1 saturated carbocycles. The molecular formula is C15H26N2O4. The molecule has 2 unspecified atom stereocenters. The highest BCUT2D eigenvalue weighted by Crippen LogP contribution is 2.38. The number of nitrogens with one attached hydrogen (secondary N) is 2. The summed E-state index contributed by atoms with van der Waals surface area (Å²) in [5, 5.41) is 15.1. The minimum Gasteiger partial charge on any atom is -0.481 e. The number of ether oxygens (including phenoxy) is 1. The van der Waals surface area contributed by atoms with Crippen molar-refractivity contribution in [3.63, 3.8) is 0 Å². The van der Waals surface area contributed by atoms with E-state index < -0.39 is 11.4 Å². The standard InChI is InChI=1S/C15H26N2O4/c1-14(6-8-21-9-7-14)10-16-13(20)17-11-4-3-5-15(11,2)12(18)19/h11H,3-10H2,1-2H3,(H,18,19)(H2,16,17,20). The van der Waals surface area contributed by atoms with Gasteiger partial charge in [0, 0.05) is 25.8 Å². The molecular weight excluding hydrogens is 272 g/mol. The molecule has 2 amide bonds. The lowest BCUT2D eigenvalue weighted by Gasteiger charge is -2.34. The number of hydrogen-bond donors (Lipinski definition) is 3. The third-order valence-electron chi connectivity index (χ3n) is 5.13. The highest BCUT2D eigenvalue weighted by Gasteiger charge is 2.46.